The Morgan fingerprint density at radius 1 is 1.29 bits per heavy atom. The Bertz CT molecular complexity index is 617. The average Bonchev–Trinajstić information content (AvgIpc) is 3.16. The molecule has 1 N–H and O–H groups in total. The van der Waals surface area contributed by atoms with E-state index >= 15 is 0 Å². The Morgan fingerprint density at radius 2 is 2.04 bits per heavy atom. The highest BCUT2D eigenvalue weighted by Crippen LogP contribution is 2.26. The number of carbonyl (C=O) groups is 1. The molecular weight excluding hydrogens is 360 g/mol. The van der Waals surface area contributed by atoms with Crippen LogP contribution in [0.2, 0.25) is 0 Å². The van der Waals surface area contributed by atoms with Crippen molar-refractivity contribution < 1.29 is 4.79 Å². The predicted molar refractivity (Wildman–Crippen MR) is 104 cm³/mol. The SMILES string of the molecule is CC(C)N(C(=O)CSc1nnc(NCCc2cccs2)s1)C(C)C. The van der Waals surface area contributed by atoms with Gasteiger partial charge in [-0.1, -0.05) is 29.2 Å². The lowest BCUT2D eigenvalue weighted by atomic mass is 10.2. The van der Waals surface area contributed by atoms with Gasteiger partial charge in [0.1, 0.15) is 0 Å². The van der Waals surface area contributed by atoms with Gasteiger partial charge in [0, 0.05) is 23.5 Å². The molecule has 2 aromatic heterocycles. The quantitative estimate of drug-likeness (QED) is 0.663. The minimum absolute atomic E-state index is 0.146. The number of hydrogen-bond donors (Lipinski definition) is 1. The second-order valence-corrected chi connectivity index (χ2v) is 9.14. The molecule has 0 aliphatic heterocycles. The van der Waals surface area contributed by atoms with E-state index in [9.17, 15) is 4.79 Å². The molecule has 0 aliphatic carbocycles. The van der Waals surface area contributed by atoms with Crippen LogP contribution in [0.25, 0.3) is 0 Å². The molecular formula is C16H24N4OS3. The van der Waals surface area contributed by atoms with Crippen LogP contribution < -0.4 is 5.32 Å². The summed E-state index contributed by atoms with van der Waals surface area (Å²) in [5.74, 6) is 0.549. The normalized spacial score (nSPS) is 11.2. The number of aromatic nitrogens is 2. The third kappa shape index (κ3) is 5.75. The number of thiophene rings is 1. The number of anilines is 1. The molecule has 0 aliphatic rings. The number of hydrogen-bond acceptors (Lipinski definition) is 7. The maximum atomic E-state index is 12.4. The van der Waals surface area contributed by atoms with Gasteiger partial charge < -0.3 is 10.2 Å². The van der Waals surface area contributed by atoms with E-state index in [-0.39, 0.29) is 18.0 Å². The average molecular weight is 385 g/mol. The molecule has 0 saturated heterocycles. The predicted octanol–water partition coefficient (Wildman–Crippen LogP) is 3.99. The summed E-state index contributed by atoms with van der Waals surface area (Å²) in [6, 6.07) is 4.62. The summed E-state index contributed by atoms with van der Waals surface area (Å²) in [6.07, 6.45) is 0.982. The number of nitrogens with zero attached hydrogens (tertiary/aromatic N) is 3. The van der Waals surface area contributed by atoms with E-state index in [0.29, 0.717) is 5.75 Å². The molecule has 5 nitrogen and oxygen atoms in total. The molecule has 0 bridgehead atoms. The van der Waals surface area contributed by atoms with Gasteiger partial charge in [-0.3, -0.25) is 4.79 Å². The van der Waals surface area contributed by atoms with Crippen molar-refractivity contribution in [3.63, 3.8) is 0 Å². The summed E-state index contributed by atoms with van der Waals surface area (Å²) < 4.78 is 0.828. The van der Waals surface area contributed by atoms with E-state index in [1.807, 2.05) is 32.6 Å². The summed E-state index contributed by atoms with van der Waals surface area (Å²) >= 11 is 4.73. The van der Waals surface area contributed by atoms with Crippen LogP contribution >= 0.6 is 34.4 Å². The standard InChI is InChI=1S/C16H24N4OS3/c1-11(2)20(12(3)4)14(21)10-23-16-19-18-15(24-16)17-8-7-13-6-5-9-22-13/h5-6,9,11-12H,7-8,10H2,1-4H3,(H,17,18). The van der Waals surface area contributed by atoms with Gasteiger partial charge in [0.2, 0.25) is 11.0 Å². The maximum Gasteiger partial charge on any atom is 0.233 e. The number of amides is 1. The minimum atomic E-state index is 0.146. The highest BCUT2D eigenvalue weighted by atomic mass is 32.2. The minimum Gasteiger partial charge on any atom is -0.360 e. The molecule has 0 fully saturated rings. The van der Waals surface area contributed by atoms with E-state index in [1.165, 1.54) is 28.0 Å². The fraction of sp³-hybridized carbons (Fsp3) is 0.562. The smallest absolute Gasteiger partial charge is 0.233 e. The van der Waals surface area contributed by atoms with Crippen molar-refractivity contribution in [2.24, 2.45) is 0 Å². The summed E-state index contributed by atoms with van der Waals surface area (Å²) in [5.41, 5.74) is 0. The van der Waals surface area contributed by atoms with E-state index in [2.05, 4.69) is 33.0 Å². The molecule has 132 valence electrons. The Kier molecular flexibility index (Phi) is 7.51. The molecule has 0 aromatic carbocycles. The topological polar surface area (TPSA) is 58.1 Å². The second kappa shape index (κ2) is 9.39. The molecule has 0 unspecified atom stereocenters. The van der Waals surface area contributed by atoms with Crippen molar-refractivity contribution >= 4 is 45.5 Å². The lowest BCUT2D eigenvalue weighted by molar-refractivity contribution is -0.131. The first-order valence-electron chi connectivity index (χ1n) is 8.01. The number of nitrogens with one attached hydrogen (secondary N) is 1. The summed E-state index contributed by atoms with van der Waals surface area (Å²) in [5, 5.41) is 14.5. The van der Waals surface area contributed by atoms with Gasteiger partial charge in [0.15, 0.2) is 4.34 Å². The van der Waals surface area contributed by atoms with Gasteiger partial charge in [0.25, 0.3) is 0 Å². The van der Waals surface area contributed by atoms with Crippen molar-refractivity contribution in [1.82, 2.24) is 15.1 Å². The van der Waals surface area contributed by atoms with Gasteiger partial charge in [0.05, 0.1) is 5.75 Å². The Morgan fingerprint density at radius 3 is 2.67 bits per heavy atom. The highest BCUT2D eigenvalue weighted by Gasteiger charge is 2.20. The molecule has 24 heavy (non-hydrogen) atoms. The number of thioether (sulfide) groups is 1. The van der Waals surface area contributed by atoms with Crippen molar-refractivity contribution in [3.8, 4) is 0 Å². The van der Waals surface area contributed by atoms with Crippen LogP contribution in [-0.2, 0) is 11.2 Å². The number of rotatable bonds is 9. The third-order valence-electron chi connectivity index (χ3n) is 3.35. The first-order valence-corrected chi connectivity index (χ1v) is 10.7. The Balaban J connectivity index is 1.77. The molecule has 0 spiro atoms. The lowest BCUT2D eigenvalue weighted by Gasteiger charge is -2.30. The highest BCUT2D eigenvalue weighted by molar-refractivity contribution is 8.01. The van der Waals surface area contributed by atoms with Crippen LogP contribution in [0, 0.1) is 0 Å². The maximum absolute atomic E-state index is 12.4. The van der Waals surface area contributed by atoms with Crippen molar-refractivity contribution in [3.05, 3.63) is 22.4 Å². The van der Waals surface area contributed by atoms with Crippen LogP contribution in [0.1, 0.15) is 32.6 Å². The van der Waals surface area contributed by atoms with Crippen molar-refractivity contribution in [2.75, 3.05) is 17.6 Å². The van der Waals surface area contributed by atoms with Crippen LogP contribution in [0.15, 0.2) is 21.9 Å². The molecule has 0 atom stereocenters. The first-order chi connectivity index (χ1) is 11.5. The van der Waals surface area contributed by atoms with Crippen molar-refractivity contribution in [2.45, 2.75) is 50.5 Å². The van der Waals surface area contributed by atoms with Gasteiger partial charge in [-0.05, 0) is 45.6 Å². The van der Waals surface area contributed by atoms with E-state index in [0.717, 1.165) is 22.4 Å². The molecule has 2 rings (SSSR count). The molecule has 0 radical (unpaired) electrons. The zero-order valence-electron chi connectivity index (χ0n) is 14.5. The Labute approximate surface area is 155 Å². The largest absolute Gasteiger partial charge is 0.360 e. The molecule has 2 aromatic rings. The lowest BCUT2D eigenvalue weighted by Crippen LogP contribution is -2.43. The van der Waals surface area contributed by atoms with Gasteiger partial charge in [-0.2, -0.15) is 0 Å². The van der Waals surface area contributed by atoms with E-state index < -0.39 is 0 Å². The summed E-state index contributed by atoms with van der Waals surface area (Å²) in [7, 11) is 0. The zero-order valence-corrected chi connectivity index (χ0v) is 16.9. The molecule has 2 heterocycles. The zero-order chi connectivity index (χ0) is 17.5. The van der Waals surface area contributed by atoms with Crippen molar-refractivity contribution in [1.29, 1.82) is 0 Å². The number of carbonyl (C=O) groups excluding carboxylic acids is 1. The summed E-state index contributed by atoms with van der Waals surface area (Å²) in [6.45, 7) is 9.02. The monoisotopic (exact) mass is 384 g/mol. The van der Waals surface area contributed by atoms with Gasteiger partial charge >= 0.3 is 0 Å². The van der Waals surface area contributed by atoms with Crippen LogP contribution in [0.3, 0.4) is 0 Å². The summed E-state index contributed by atoms with van der Waals surface area (Å²) in [4.78, 5) is 15.6. The van der Waals surface area contributed by atoms with E-state index in [4.69, 9.17) is 0 Å². The fourth-order valence-electron chi connectivity index (χ4n) is 2.46. The van der Waals surface area contributed by atoms with Crippen LogP contribution in [0.5, 0.6) is 0 Å². The molecule has 8 heteroatoms. The van der Waals surface area contributed by atoms with Gasteiger partial charge in [-0.25, -0.2) is 0 Å². The Hall–Kier alpha value is -1.12. The second-order valence-electron chi connectivity index (χ2n) is 5.91. The first kappa shape index (κ1) is 19.2. The van der Waals surface area contributed by atoms with Gasteiger partial charge in [-0.15, -0.1) is 21.5 Å². The molecule has 0 saturated carbocycles. The fourth-order valence-corrected chi connectivity index (χ4v) is 4.81. The van der Waals surface area contributed by atoms with Crippen LogP contribution in [0.4, 0.5) is 5.13 Å². The van der Waals surface area contributed by atoms with Crippen LogP contribution in [-0.4, -0.2) is 45.4 Å². The molecule has 1 amide bonds. The van der Waals surface area contributed by atoms with E-state index in [1.54, 1.807) is 11.3 Å². The third-order valence-corrected chi connectivity index (χ3v) is 6.29.